The molecular formula is C19H18ClN3O4S. The molecule has 0 radical (unpaired) electrons. The van der Waals surface area contributed by atoms with E-state index >= 15 is 0 Å². The predicted molar refractivity (Wildman–Crippen MR) is 110 cm³/mol. The number of nitrogens with zero attached hydrogens (tertiary/aromatic N) is 2. The van der Waals surface area contributed by atoms with Gasteiger partial charge in [0.05, 0.1) is 17.7 Å². The second-order valence-corrected chi connectivity index (χ2v) is 7.61. The van der Waals surface area contributed by atoms with Gasteiger partial charge in [0.15, 0.2) is 5.69 Å². The molecule has 2 heterocycles. The van der Waals surface area contributed by atoms with Crippen LogP contribution in [0, 0.1) is 6.92 Å². The number of alkyl halides is 1. The van der Waals surface area contributed by atoms with Crippen LogP contribution in [0.2, 0.25) is 0 Å². The van der Waals surface area contributed by atoms with Gasteiger partial charge in [-0.1, -0.05) is 17.7 Å². The number of halogens is 1. The number of benzene rings is 1. The molecule has 0 fully saturated rings. The number of thiophene rings is 1. The minimum atomic E-state index is -0.775. The molecule has 0 bridgehead atoms. The van der Waals surface area contributed by atoms with Crippen molar-refractivity contribution in [2.24, 2.45) is 0 Å². The summed E-state index contributed by atoms with van der Waals surface area (Å²) in [6.45, 7) is 5.31. The highest BCUT2D eigenvalue weighted by Gasteiger charge is 2.23. The van der Waals surface area contributed by atoms with Crippen molar-refractivity contribution >= 4 is 50.6 Å². The first-order chi connectivity index (χ1) is 13.3. The third-order valence-corrected chi connectivity index (χ3v) is 5.09. The van der Waals surface area contributed by atoms with Gasteiger partial charge in [0, 0.05) is 10.8 Å². The molecule has 3 aromatic rings. The number of anilines is 1. The van der Waals surface area contributed by atoms with E-state index < -0.39 is 22.8 Å². The van der Waals surface area contributed by atoms with Gasteiger partial charge in [-0.25, -0.2) is 4.79 Å². The van der Waals surface area contributed by atoms with E-state index in [1.54, 1.807) is 24.4 Å². The fourth-order valence-electron chi connectivity index (χ4n) is 2.56. The topological polar surface area (TPSA) is 90.3 Å². The first-order valence-electron chi connectivity index (χ1n) is 8.57. The Balaban J connectivity index is 2.27. The molecule has 2 aromatic heterocycles. The molecular weight excluding hydrogens is 402 g/mol. The van der Waals surface area contributed by atoms with Crippen molar-refractivity contribution in [1.29, 1.82) is 0 Å². The fraction of sp³-hybridized carbons (Fsp3) is 0.263. The number of rotatable bonds is 5. The van der Waals surface area contributed by atoms with Crippen molar-refractivity contribution in [2.45, 2.75) is 26.1 Å². The molecule has 0 saturated heterocycles. The lowest BCUT2D eigenvalue weighted by atomic mass is 10.2. The van der Waals surface area contributed by atoms with E-state index in [-0.39, 0.29) is 17.7 Å². The maximum absolute atomic E-state index is 13.2. The molecule has 1 aromatic carbocycles. The molecule has 9 heteroatoms. The highest BCUT2D eigenvalue weighted by molar-refractivity contribution is 7.16. The number of carbonyl (C=O) groups excluding carboxylic acids is 2. The van der Waals surface area contributed by atoms with E-state index in [9.17, 15) is 14.4 Å². The molecule has 1 amide bonds. The normalized spacial score (nSPS) is 12.0. The summed E-state index contributed by atoms with van der Waals surface area (Å²) in [6.07, 6.45) is 0. The van der Waals surface area contributed by atoms with Gasteiger partial charge in [-0.3, -0.25) is 9.59 Å². The van der Waals surface area contributed by atoms with Gasteiger partial charge in [-0.2, -0.15) is 9.78 Å². The van der Waals surface area contributed by atoms with Crippen LogP contribution in [0.4, 0.5) is 5.00 Å². The summed E-state index contributed by atoms with van der Waals surface area (Å²) < 4.78 is 6.23. The zero-order valence-corrected chi connectivity index (χ0v) is 17.1. The zero-order chi connectivity index (χ0) is 20.4. The van der Waals surface area contributed by atoms with Crippen molar-refractivity contribution < 1.29 is 14.3 Å². The van der Waals surface area contributed by atoms with E-state index in [0.29, 0.717) is 16.1 Å². The predicted octanol–water partition coefficient (Wildman–Crippen LogP) is 3.50. The first kappa shape index (κ1) is 20.0. The number of hydrogen-bond donors (Lipinski definition) is 1. The third kappa shape index (κ3) is 3.79. The first-order valence-corrected chi connectivity index (χ1v) is 9.88. The van der Waals surface area contributed by atoms with Crippen LogP contribution in [0.3, 0.4) is 0 Å². The average molecular weight is 420 g/mol. The Morgan fingerprint density at radius 2 is 2.00 bits per heavy atom. The minimum Gasteiger partial charge on any atom is -0.461 e. The number of aryl methyl sites for hydroxylation is 1. The standard InChI is InChI=1S/C19H18ClN3O4S/c1-4-27-19(26)15-13-9-28-17(21-16(24)11(3)20)14(13)18(25)23(22-15)12-7-5-10(2)6-8-12/h5-9,11H,4H2,1-3H3,(H,21,24)/t11-/m0/s1. The van der Waals surface area contributed by atoms with Gasteiger partial charge >= 0.3 is 5.97 Å². The monoisotopic (exact) mass is 419 g/mol. The van der Waals surface area contributed by atoms with Crippen LogP contribution in [0.25, 0.3) is 16.5 Å². The van der Waals surface area contributed by atoms with Crippen LogP contribution >= 0.6 is 22.9 Å². The van der Waals surface area contributed by atoms with Gasteiger partial charge in [0.1, 0.15) is 10.4 Å². The summed E-state index contributed by atoms with van der Waals surface area (Å²) in [6, 6.07) is 7.14. The average Bonchev–Trinajstić information content (AvgIpc) is 3.07. The number of fused-ring (bicyclic) bond motifs is 1. The number of carbonyl (C=O) groups is 2. The van der Waals surface area contributed by atoms with Crippen molar-refractivity contribution in [3.8, 4) is 5.69 Å². The van der Waals surface area contributed by atoms with Gasteiger partial charge in [0.2, 0.25) is 5.91 Å². The fourth-order valence-corrected chi connectivity index (χ4v) is 3.56. The Hall–Kier alpha value is -2.71. The quantitative estimate of drug-likeness (QED) is 0.505. The molecule has 0 saturated carbocycles. The van der Waals surface area contributed by atoms with Crippen LogP contribution in [0.1, 0.15) is 29.9 Å². The van der Waals surface area contributed by atoms with E-state index in [2.05, 4.69) is 10.4 Å². The Morgan fingerprint density at radius 3 is 2.61 bits per heavy atom. The highest BCUT2D eigenvalue weighted by Crippen LogP contribution is 2.31. The Bertz CT molecular complexity index is 1100. The SMILES string of the molecule is CCOC(=O)c1nn(-c2ccc(C)cc2)c(=O)c2c(NC(=O)[C@H](C)Cl)scc12. The summed E-state index contributed by atoms with van der Waals surface area (Å²) in [4.78, 5) is 37.6. The Kier molecular flexibility index (Phi) is 5.81. The maximum atomic E-state index is 13.2. The Morgan fingerprint density at radius 1 is 1.32 bits per heavy atom. The van der Waals surface area contributed by atoms with E-state index in [0.717, 1.165) is 21.6 Å². The van der Waals surface area contributed by atoms with Gasteiger partial charge in [-0.05, 0) is 32.9 Å². The molecule has 1 atom stereocenters. The van der Waals surface area contributed by atoms with Crippen molar-refractivity contribution in [3.63, 3.8) is 0 Å². The maximum Gasteiger partial charge on any atom is 0.359 e. The molecule has 7 nitrogen and oxygen atoms in total. The van der Waals surface area contributed by atoms with Crippen molar-refractivity contribution in [1.82, 2.24) is 9.78 Å². The van der Waals surface area contributed by atoms with Gasteiger partial charge in [0.25, 0.3) is 5.56 Å². The number of ether oxygens (including phenoxy) is 1. The molecule has 3 rings (SSSR count). The third-order valence-electron chi connectivity index (χ3n) is 4.00. The molecule has 28 heavy (non-hydrogen) atoms. The smallest absolute Gasteiger partial charge is 0.359 e. The summed E-state index contributed by atoms with van der Waals surface area (Å²) in [5, 5.41) is 8.54. The van der Waals surface area contributed by atoms with Crippen molar-refractivity contribution in [2.75, 3.05) is 11.9 Å². The van der Waals surface area contributed by atoms with Crippen LogP contribution < -0.4 is 10.9 Å². The molecule has 0 unspecified atom stereocenters. The van der Waals surface area contributed by atoms with Crippen LogP contribution in [0.5, 0.6) is 0 Å². The summed E-state index contributed by atoms with van der Waals surface area (Å²) in [7, 11) is 0. The molecule has 146 valence electrons. The molecule has 0 aliphatic rings. The van der Waals surface area contributed by atoms with Crippen molar-refractivity contribution in [3.05, 3.63) is 51.3 Å². The molecule has 0 aliphatic heterocycles. The molecule has 1 N–H and O–H groups in total. The number of hydrogen-bond acceptors (Lipinski definition) is 6. The summed E-state index contributed by atoms with van der Waals surface area (Å²) in [5.41, 5.74) is 1.07. The second kappa shape index (κ2) is 8.12. The van der Waals surface area contributed by atoms with Crippen LogP contribution in [-0.4, -0.2) is 33.6 Å². The van der Waals surface area contributed by atoms with Gasteiger partial charge in [-0.15, -0.1) is 22.9 Å². The number of amides is 1. The van der Waals surface area contributed by atoms with Gasteiger partial charge < -0.3 is 10.1 Å². The second-order valence-electron chi connectivity index (χ2n) is 6.08. The Labute approximate surface area is 169 Å². The van der Waals surface area contributed by atoms with E-state index in [1.165, 1.54) is 6.92 Å². The summed E-state index contributed by atoms with van der Waals surface area (Å²) >= 11 is 6.95. The van der Waals surface area contributed by atoms with Crippen LogP contribution in [-0.2, 0) is 9.53 Å². The molecule has 0 aliphatic carbocycles. The number of esters is 1. The summed E-state index contributed by atoms with van der Waals surface area (Å²) in [5.74, 6) is -1.09. The number of nitrogens with one attached hydrogen (secondary N) is 1. The van der Waals surface area contributed by atoms with E-state index in [1.807, 2.05) is 19.1 Å². The lowest BCUT2D eigenvalue weighted by Crippen LogP contribution is -2.26. The molecule has 0 spiro atoms. The minimum absolute atomic E-state index is 0.00713. The highest BCUT2D eigenvalue weighted by atomic mass is 35.5. The van der Waals surface area contributed by atoms with Crippen LogP contribution in [0.15, 0.2) is 34.4 Å². The zero-order valence-electron chi connectivity index (χ0n) is 15.5. The number of aromatic nitrogens is 2. The van der Waals surface area contributed by atoms with E-state index in [4.69, 9.17) is 16.3 Å². The lowest BCUT2D eigenvalue weighted by Gasteiger charge is -2.10. The lowest BCUT2D eigenvalue weighted by molar-refractivity contribution is -0.115. The largest absolute Gasteiger partial charge is 0.461 e.